The summed E-state index contributed by atoms with van der Waals surface area (Å²) < 4.78 is 6.51. The normalized spacial score (nSPS) is 11.0. The van der Waals surface area contributed by atoms with Gasteiger partial charge in [0.05, 0.1) is 11.1 Å². The van der Waals surface area contributed by atoms with E-state index in [-0.39, 0.29) is 11.8 Å². The first kappa shape index (κ1) is 25.9. The van der Waals surface area contributed by atoms with E-state index in [0.29, 0.717) is 35.9 Å². The van der Waals surface area contributed by atoms with Crippen LogP contribution < -0.4 is 15.4 Å². The summed E-state index contributed by atoms with van der Waals surface area (Å²) in [6, 6.07) is 12.2. The van der Waals surface area contributed by atoms with Crippen LogP contribution in [0.3, 0.4) is 0 Å². The first-order chi connectivity index (χ1) is 15.3. The molecule has 7 heteroatoms. The number of ether oxygens (including phenoxy) is 1. The van der Waals surface area contributed by atoms with Crippen molar-refractivity contribution in [2.45, 2.75) is 34.1 Å². The summed E-state index contributed by atoms with van der Waals surface area (Å²) in [4.78, 5) is 27.2. The molecule has 32 heavy (non-hydrogen) atoms. The van der Waals surface area contributed by atoms with Gasteiger partial charge >= 0.3 is 0 Å². The van der Waals surface area contributed by atoms with E-state index in [2.05, 4.69) is 59.2 Å². The quantitative estimate of drug-likeness (QED) is 0.417. The Balaban J connectivity index is 1.89. The number of anilines is 1. The predicted molar refractivity (Wildman–Crippen MR) is 134 cm³/mol. The number of rotatable bonds is 12. The molecular formula is C25H34BrN3O3. The lowest BCUT2D eigenvalue weighted by Crippen LogP contribution is -2.34. The van der Waals surface area contributed by atoms with Crippen LogP contribution >= 0.6 is 15.9 Å². The Morgan fingerprint density at radius 2 is 1.66 bits per heavy atom. The molecule has 0 aliphatic rings. The molecule has 0 bridgehead atoms. The zero-order valence-electron chi connectivity index (χ0n) is 19.4. The van der Waals surface area contributed by atoms with Crippen LogP contribution in [0.4, 0.5) is 5.69 Å². The van der Waals surface area contributed by atoms with Crippen molar-refractivity contribution in [3.8, 4) is 5.75 Å². The van der Waals surface area contributed by atoms with Gasteiger partial charge in [-0.15, -0.1) is 0 Å². The van der Waals surface area contributed by atoms with Gasteiger partial charge in [-0.25, -0.2) is 0 Å². The second-order valence-corrected chi connectivity index (χ2v) is 8.84. The number of halogens is 1. The summed E-state index contributed by atoms with van der Waals surface area (Å²) in [5.74, 6) is 0.949. The van der Waals surface area contributed by atoms with E-state index in [4.69, 9.17) is 4.74 Å². The topological polar surface area (TPSA) is 70.7 Å². The third-order valence-corrected chi connectivity index (χ3v) is 5.78. The average molecular weight is 504 g/mol. The first-order valence-corrected chi connectivity index (χ1v) is 12.0. The number of hydrogen-bond donors (Lipinski definition) is 2. The van der Waals surface area contributed by atoms with E-state index in [0.717, 1.165) is 36.3 Å². The van der Waals surface area contributed by atoms with Crippen LogP contribution in [0.5, 0.6) is 5.75 Å². The average Bonchev–Trinajstić information content (AvgIpc) is 2.78. The molecule has 0 aromatic heterocycles. The molecule has 0 spiro atoms. The molecule has 174 valence electrons. The summed E-state index contributed by atoms with van der Waals surface area (Å²) in [5.41, 5.74) is 1.71. The van der Waals surface area contributed by atoms with E-state index in [1.54, 1.807) is 42.5 Å². The van der Waals surface area contributed by atoms with Gasteiger partial charge in [0.15, 0.2) is 0 Å². The predicted octanol–water partition coefficient (Wildman–Crippen LogP) is 5.20. The third-order valence-electron chi connectivity index (χ3n) is 5.16. The number of amides is 2. The van der Waals surface area contributed by atoms with Crippen molar-refractivity contribution in [3.63, 3.8) is 0 Å². The van der Waals surface area contributed by atoms with Crippen LogP contribution in [0.1, 0.15) is 54.8 Å². The van der Waals surface area contributed by atoms with Crippen molar-refractivity contribution in [1.29, 1.82) is 0 Å². The smallest absolute Gasteiger partial charge is 0.255 e. The summed E-state index contributed by atoms with van der Waals surface area (Å²) in [7, 11) is 0. The molecule has 0 radical (unpaired) electrons. The molecule has 2 rings (SSSR count). The van der Waals surface area contributed by atoms with Gasteiger partial charge in [0.2, 0.25) is 0 Å². The minimum atomic E-state index is -0.226. The number of hydrogen-bond acceptors (Lipinski definition) is 4. The lowest BCUT2D eigenvalue weighted by Gasteiger charge is -2.18. The van der Waals surface area contributed by atoms with E-state index in [1.165, 1.54) is 0 Å². The summed E-state index contributed by atoms with van der Waals surface area (Å²) in [6.07, 6.45) is 0.971. The van der Waals surface area contributed by atoms with Crippen LogP contribution in [-0.2, 0) is 0 Å². The van der Waals surface area contributed by atoms with Crippen molar-refractivity contribution in [2.24, 2.45) is 5.92 Å². The van der Waals surface area contributed by atoms with Crippen LogP contribution in [0, 0.1) is 5.92 Å². The Bertz CT molecular complexity index is 881. The highest BCUT2D eigenvalue weighted by molar-refractivity contribution is 9.10. The van der Waals surface area contributed by atoms with Gasteiger partial charge in [-0.1, -0.05) is 27.7 Å². The molecule has 0 atom stereocenters. The molecule has 0 fully saturated rings. The Morgan fingerprint density at radius 3 is 2.25 bits per heavy atom. The second-order valence-electron chi connectivity index (χ2n) is 7.99. The summed E-state index contributed by atoms with van der Waals surface area (Å²) in [5, 5.41) is 5.79. The number of carbonyl (C=O) groups is 2. The monoisotopic (exact) mass is 503 g/mol. The van der Waals surface area contributed by atoms with E-state index < -0.39 is 0 Å². The van der Waals surface area contributed by atoms with Crippen LogP contribution in [0.25, 0.3) is 0 Å². The second kappa shape index (κ2) is 13.2. The lowest BCUT2D eigenvalue weighted by atomic mass is 10.1. The van der Waals surface area contributed by atoms with E-state index in [9.17, 15) is 9.59 Å². The standard InChI is InChI=1S/C25H34BrN3O3/c1-5-29(6-2)15-14-27-24(30)19-7-10-21(11-8-19)28-25(31)20-9-12-23(22(26)17-20)32-16-13-18(3)4/h7-12,17-18H,5-6,13-16H2,1-4H3,(H,27,30)(H,28,31). The maximum absolute atomic E-state index is 12.6. The highest BCUT2D eigenvalue weighted by Gasteiger charge is 2.11. The molecule has 2 N–H and O–H groups in total. The fraction of sp³-hybridized carbons (Fsp3) is 0.440. The Kier molecular flexibility index (Phi) is 10.7. The fourth-order valence-electron chi connectivity index (χ4n) is 3.04. The van der Waals surface area contributed by atoms with Crippen molar-refractivity contribution in [3.05, 3.63) is 58.1 Å². The van der Waals surface area contributed by atoms with Crippen LogP contribution in [-0.4, -0.2) is 49.5 Å². The molecular weight excluding hydrogens is 470 g/mol. The van der Waals surface area contributed by atoms with Crippen molar-refractivity contribution < 1.29 is 14.3 Å². The zero-order chi connectivity index (χ0) is 23.5. The maximum atomic E-state index is 12.6. The minimum absolute atomic E-state index is 0.119. The van der Waals surface area contributed by atoms with E-state index >= 15 is 0 Å². The Morgan fingerprint density at radius 1 is 1.00 bits per heavy atom. The summed E-state index contributed by atoms with van der Waals surface area (Å²) >= 11 is 3.48. The fourth-order valence-corrected chi connectivity index (χ4v) is 3.53. The molecule has 2 aromatic rings. The van der Waals surface area contributed by atoms with E-state index in [1.807, 2.05) is 0 Å². The molecule has 0 aliphatic heterocycles. The molecule has 0 saturated carbocycles. The van der Waals surface area contributed by atoms with Gasteiger partial charge in [0.1, 0.15) is 5.75 Å². The van der Waals surface area contributed by atoms with Crippen LogP contribution in [0.2, 0.25) is 0 Å². The maximum Gasteiger partial charge on any atom is 0.255 e. The highest BCUT2D eigenvalue weighted by atomic mass is 79.9. The van der Waals surface area contributed by atoms with Gasteiger partial charge < -0.3 is 20.3 Å². The largest absolute Gasteiger partial charge is 0.492 e. The van der Waals surface area contributed by atoms with Gasteiger partial charge in [0, 0.05) is 29.9 Å². The SMILES string of the molecule is CCN(CC)CCNC(=O)c1ccc(NC(=O)c2ccc(OCCC(C)C)c(Br)c2)cc1. The van der Waals surface area contributed by atoms with Crippen LogP contribution in [0.15, 0.2) is 46.9 Å². The van der Waals surface area contributed by atoms with Crippen molar-refractivity contribution in [2.75, 3.05) is 38.1 Å². The molecule has 2 aromatic carbocycles. The van der Waals surface area contributed by atoms with Crippen molar-refractivity contribution >= 4 is 33.4 Å². The Hall–Kier alpha value is -2.38. The summed E-state index contributed by atoms with van der Waals surface area (Å²) in [6.45, 7) is 12.5. The third kappa shape index (κ3) is 8.28. The molecule has 0 heterocycles. The number of benzene rings is 2. The van der Waals surface area contributed by atoms with Gasteiger partial charge in [0.25, 0.3) is 11.8 Å². The number of likely N-dealkylation sites (N-methyl/N-ethyl adjacent to an activating group) is 1. The Labute approximate surface area is 199 Å². The molecule has 0 unspecified atom stereocenters. The lowest BCUT2D eigenvalue weighted by molar-refractivity contribution is 0.0948. The minimum Gasteiger partial charge on any atom is -0.492 e. The molecule has 0 aliphatic carbocycles. The first-order valence-electron chi connectivity index (χ1n) is 11.2. The van der Waals surface area contributed by atoms with Gasteiger partial charge in [-0.05, 0) is 83.8 Å². The highest BCUT2D eigenvalue weighted by Crippen LogP contribution is 2.27. The molecule has 2 amide bonds. The zero-order valence-corrected chi connectivity index (χ0v) is 21.0. The number of carbonyl (C=O) groups excluding carboxylic acids is 2. The molecule has 6 nitrogen and oxygen atoms in total. The van der Waals surface area contributed by atoms with Gasteiger partial charge in [-0.2, -0.15) is 0 Å². The number of nitrogens with one attached hydrogen (secondary N) is 2. The van der Waals surface area contributed by atoms with Gasteiger partial charge in [-0.3, -0.25) is 9.59 Å². The molecule has 0 saturated heterocycles. The van der Waals surface area contributed by atoms with Crippen molar-refractivity contribution in [1.82, 2.24) is 10.2 Å². The number of nitrogens with zero attached hydrogens (tertiary/aromatic N) is 1.